The van der Waals surface area contributed by atoms with Crippen molar-refractivity contribution >= 4 is 34.1 Å². The first-order valence-electron chi connectivity index (χ1n) is 8.63. The van der Waals surface area contributed by atoms with Crippen molar-refractivity contribution in [1.29, 1.82) is 0 Å². The lowest BCUT2D eigenvalue weighted by Crippen LogP contribution is -2.14. The van der Waals surface area contributed by atoms with E-state index in [1.165, 1.54) is 35.3 Å². The van der Waals surface area contributed by atoms with E-state index in [1.54, 1.807) is 30.1 Å². The molecule has 0 unspecified atom stereocenters. The van der Waals surface area contributed by atoms with Crippen LogP contribution in [0.15, 0.2) is 34.8 Å². The highest BCUT2D eigenvalue weighted by atomic mass is 32.2. The zero-order valence-electron chi connectivity index (χ0n) is 15.7. The van der Waals surface area contributed by atoms with Crippen LogP contribution in [0.2, 0.25) is 0 Å². The standard InChI is InChI=1S/C18H20FN5O2S2/c1-11(2)8-9-27-18-22-21-17(28-18)20-16(25)15-14(26-3)10-24(23-15)13-6-4-12(19)5-7-13/h4-7,10-11H,8-9H2,1-3H3,(H,20,21,25). The first-order valence-corrected chi connectivity index (χ1v) is 10.4. The maximum atomic E-state index is 13.1. The molecule has 1 amide bonds. The van der Waals surface area contributed by atoms with Gasteiger partial charge in [0.25, 0.3) is 5.91 Å². The first-order chi connectivity index (χ1) is 13.5. The highest BCUT2D eigenvalue weighted by Gasteiger charge is 2.20. The minimum Gasteiger partial charge on any atom is -0.493 e. The molecule has 2 heterocycles. The monoisotopic (exact) mass is 421 g/mol. The molecule has 148 valence electrons. The van der Waals surface area contributed by atoms with Crippen LogP contribution in [0.3, 0.4) is 0 Å². The molecule has 2 aromatic heterocycles. The molecular weight excluding hydrogens is 401 g/mol. The Morgan fingerprint density at radius 2 is 2.07 bits per heavy atom. The summed E-state index contributed by atoms with van der Waals surface area (Å²) in [6.07, 6.45) is 2.65. The molecule has 1 N–H and O–H groups in total. The van der Waals surface area contributed by atoms with Crippen molar-refractivity contribution in [2.75, 3.05) is 18.2 Å². The molecule has 1 aromatic carbocycles. The van der Waals surface area contributed by atoms with Gasteiger partial charge in [-0.25, -0.2) is 9.07 Å². The fourth-order valence-corrected chi connectivity index (χ4v) is 4.31. The van der Waals surface area contributed by atoms with E-state index in [0.29, 0.717) is 22.5 Å². The number of benzene rings is 1. The van der Waals surface area contributed by atoms with Gasteiger partial charge in [0.1, 0.15) is 5.82 Å². The number of methoxy groups -OCH3 is 1. The average molecular weight is 422 g/mol. The Kier molecular flexibility index (Phi) is 6.63. The SMILES string of the molecule is COc1cn(-c2ccc(F)cc2)nc1C(=O)Nc1nnc(SCCC(C)C)s1. The van der Waals surface area contributed by atoms with E-state index in [-0.39, 0.29) is 11.5 Å². The number of hydrogen-bond acceptors (Lipinski definition) is 7. The van der Waals surface area contributed by atoms with Crippen LogP contribution in [0.1, 0.15) is 30.8 Å². The van der Waals surface area contributed by atoms with Gasteiger partial charge in [0.05, 0.1) is 19.0 Å². The molecule has 28 heavy (non-hydrogen) atoms. The van der Waals surface area contributed by atoms with Gasteiger partial charge in [0.15, 0.2) is 15.8 Å². The van der Waals surface area contributed by atoms with Crippen LogP contribution in [0.5, 0.6) is 5.75 Å². The second-order valence-electron chi connectivity index (χ2n) is 6.33. The number of ether oxygens (including phenoxy) is 1. The molecule has 0 atom stereocenters. The summed E-state index contributed by atoms with van der Waals surface area (Å²) in [6.45, 7) is 4.34. The second kappa shape index (κ2) is 9.16. The minimum absolute atomic E-state index is 0.107. The molecule has 0 saturated carbocycles. The van der Waals surface area contributed by atoms with Crippen molar-refractivity contribution < 1.29 is 13.9 Å². The van der Waals surface area contributed by atoms with E-state index in [0.717, 1.165) is 16.5 Å². The Labute approximate surface area is 170 Å². The lowest BCUT2D eigenvalue weighted by Gasteiger charge is -2.01. The number of rotatable bonds is 8. The molecule has 3 aromatic rings. The summed E-state index contributed by atoms with van der Waals surface area (Å²) in [5, 5.41) is 15.5. The van der Waals surface area contributed by atoms with E-state index >= 15 is 0 Å². The summed E-state index contributed by atoms with van der Waals surface area (Å²) < 4.78 is 20.6. The van der Waals surface area contributed by atoms with Gasteiger partial charge in [-0.15, -0.1) is 10.2 Å². The maximum Gasteiger partial charge on any atom is 0.281 e. The molecule has 7 nitrogen and oxygen atoms in total. The fourth-order valence-electron chi connectivity index (χ4n) is 2.25. The highest BCUT2D eigenvalue weighted by Crippen LogP contribution is 2.28. The van der Waals surface area contributed by atoms with Crippen LogP contribution >= 0.6 is 23.1 Å². The van der Waals surface area contributed by atoms with Crippen molar-refractivity contribution in [1.82, 2.24) is 20.0 Å². The number of nitrogens with one attached hydrogen (secondary N) is 1. The largest absolute Gasteiger partial charge is 0.493 e. The summed E-state index contributed by atoms with van der Waals surface area (Å²) in [4.78, 5) is 12.6. The first kappa shape index (κ1) is 20.3. The van der Waals surface area contributed by atoms with Gasteiger partial charge in [-0.2, -0.15) is 5.10 Å². The molecule has 0 aliphatic rings. The van der Waals surface area contributed by atoms with Crippen LogP contribution in [-0.4, -0.2) is 38.7 Å². The molecule has 0 saturated heterocycles. The molecule has 0 fully saturated rings. The summed E-state index contributed by atoms with van der Waals surface area (Å²) in [6, 6.07) is 5.77. The van der Waals surface area contributed by atoms with Crippen LogP contribution in [0.4, 0.5) is 9.52 Å². The lowest BCUT2D eigenvalue weighted by molar-refractivity contribution is 0.101. The third-order valence-corrected chi connectivity index (χ3v) is 5.76. The van der Waals surface area contributed by atoms with Gasteiger partial charge in [-0.3, -0.25) is 10.1 Å². The van der Waals surface area contributed by atoms with E-state index < -0.39 is 5.91 Å². The Balaban J connectivity index is 1.70. The molecule has 0 bridgehead atoms. The summed E-state index contributed by atoms with van der Waals surface area (Å²) in [7, 11) is 1.46. The van der Waals surface area contributed by atoms with Crippen molar-refractivity contribution in [2.45, 2.75) is 24.6 Å². The number of halogens is 1. The maximum absolute atomic E-state index is 13.1. The number of nitrogens with zero attached hydrogens (tertiary/aromatic N) is 4. The zero-order valence-corrected chi connectivity index (χ0v) is 17.3. The molecule has 0 aliphatic carbocycles. The molecule has 0 spiro atoms. The molecular formula is C18H20FN5O2S2. The van der Waals surface area contributed by atoms with E-state index in [4.69, 9.17) is 4.74 Å². The van der Waals surface area contributed by atoms with Crippen LogP contribution in [0, 0.1) is 11.7 Å². The second-order valence-corrected chi connectivity index (χ2v) is 8.64. The van der Waals surface area contributed by atoms with E-state index in [1.807, 2.05) is 0 Å². The molecule has 10 heteroatoms. The Hall–Kier alpha value is -2.46. The average Bonchev–Trinajstić information content (AvgIpc) is 3.29. The van der Waals surface area contributed by atoms with E-state index in [9.17, 15) is 9.18 Å². The molecule has 0 radical (unpaired) electrons. The van der Waals surface area contributed by atoms with Gasteiger partial charge in [0.2, 0.25) is 5.13 Å². The van der Waals surface area contributed by atoms with Crippen LogP contribution in [0.25, 0.3) is 5.69 Å². The van der Waals surface area contributed by atoms with Gasteiger partial charge >= 0.3 is 0 Å². The van der Waals surface area contributed by atoms with E-state index in [2.05, 4.69) is 34.5 Å². The molecule has 0 aliphatic heterocycles. The summed E-state index contributed by atoms with van der Waals surface area (Å²) in [5.41, 5.74) is 0.717. The summed E-state index contributed by atoms with van der Waals surface area (Å²) >= 11 is 2.94. The predicted octanol–water partition coefficient (Wildman–Crippen LogP) is 4.26. The van der Waals surface area contributed by atoms with Crippen LogP contribution < -0.4 is 10.1 Å². The van der Waals surface area contributed by atoms with Crippen molar-refractivity contribution in [2.24, 2.45) is 5.92 Å². The smallest absolute Gasteiger partial charge is 0.281 e. The Morgan fingerprint density at radius 1 is 1.32 bits per heavy atom. The number of anilines is 1. The fraction of sp³-hybridized carbons (Fsp3) is 0.333. The van der Waals surface area contributed by atoms with Crippen molar-refractivity contribution in [3.8, 4) is 11.4 Å². The number of carbonyl (C=O) groups excluding carboxylic acids is 1. The zero-order chi connectivity index (χ0) is 20.1. The van der Waals surface area contributed by atoms with Gasteiger partial charge in [0, 0.05) is 5.75 Å². The summed E-state index contributed by atoms with van der Waals surface area (Å²) in [5.74, 6) is 1.09. The van der Waals surface area contributed by atoms with Crippen molar-refractivity contribution in [3.05, 3.63) is 42.0 Å². The Morgan fingerprint density at radius 3 is 2.75 bits per heavy atom. The predicted molar refractivity (Wildman–Crippen MR) is 108 cm³/mol. The quantitative estimate of drug-likeness (QED) is 0.432. The van der Waals surface area contributed by atoms with Crippen LogP contribution in [-0.2, 0) is 0 Å². The lowest BCUT2D eigenvalue weighted by atomic mass is 10.2. The molecule has 3 rings (SSSR count). The van der Waals surface area contributed by atoms with Gasteiger partial charge < -0.3 is 4.74 Å². The topological polar surface area (TPSA) is 81.9 Å². The van der Waals surface area contributed by atoms with Gasteiger partial charge in [-0.05, 0) is 36.6 Å². The number of aromatic nitrogens is 4. The number of thioether (sulfide) groups is 1. The number of carbonyl (C=O) groups is 1. The highest BCUT2D eigenvalue weighted by molar-refractivity contribution is 8.01. The van der Waals surface area contributed by atoms with Crippen molar-refractivity contribution in [3.63, 3.8) is 0 Å². The van der Waals surface area contributed by atoms with Gasteiger partial charge in [-0.1, -0.05) is 36.9 Å². The third kappa shape index (κ3) is 5.08. The minimum atomic E-state index is -0.451. The Bertz CT molecular complexity index is 940. The third-order valence-electron chi connectivity index (χ3n) is 3.75. The number of hydrogen-bond donors (Lipinski definition) is 1. The normalized spacial score (nSPS) is 11.0. The number of amides is 1.